The van der Waals surface area contributed by atoms with E-state index in [1.807, 2.05) is 0 Å². The highest BCUT2D eigenvalue weighted by Crippen LogP contribution is 2.34. The van der Waals surface area contributed by atoms with Crippen LogP contribution in [-0.4, -0.2) is 17.3 Å². The van der Waals surface area contributed by atoms with Crippen LogP contribution in [0.1, 0.15) is 30.4 Å². The first-order chi connectivity index (χ1) is 8.84. The molecule has 1 aliphatic carbocycles. The third-order valence-corrected chi connectivity index (χ3v) is 3.36. The molecule has 0 aromatic heterocycles. The maximum Gasteiger partial charge on any atom is 0.416 e. The number of benzene rings is 1. The van der Waals surface area contributed by atoms with Gasteiger partial charge in [0.15, 0.2) is 0 Å². The second-order valence-electron chi connectivity index (χ2n) is 4.80. The van der Waals surface area contributed by atoms with Crippen LogP contribution in [-0.2, 0) is 6.18 Å². The predicted molar refractivity (Wildman–Crippen MR) is 63.4 cm³/mol. The van der Waals surface area contributed by atoms with Crippen LogP contribution < -0.4 is 5.32 Å². The van der Waals surface area contributed by atoms with Crippen LogP contribution in [0.25, 0.3) is 0 Å². The molecule has 1 saturated carbocycles. The molecule has 102 valence electrons. The van der Waals surface area contributed by atoms with Gasteiger partial charge in [0.1, 0.15) is 6.07 Å². The quantitative estimate of drug-likeness (QED) is 0.888. The van der Waals surface area contributed by atoms with Crippen molar-refractivity contribution >= 4 is 5.69 Å². The van der Waals surface area contributed by atoms with Gasteiger partial charge in [-0.15, -0.1) is 0 Å². The van der Waals surface area contributed by atoms with Gasteiger partial charge in [-0.2, -0.15) is 18.4 Å². The molecule has 0 radical (unpaired) electrons. The van der Waals surface area contributed by atoms with Crippen molar-refractivity contribution in [2.45, 2.75) is 31.0 Å². The van der Waals surface area contributed by atoms with Crippen molar-refractivity contribution in [3.8, 4) is 6.07 Å². The van der Waals surface area contributed by atoms with Crippen molar-refractivity contribution < 1.29 is 18.3 Å². The predicted octanol–water partition coefficient (Wildman–Crippen LogP) is 2.90. The first kappa shape index (κ1) is 13.7. The number of hydrogen-bond acceptors (Lipinski definition) is 3. The summed E-state index contributed by atoms with van der Waals surface area (Å²) in [6, 6.07) is 4.70. The van der Waals surface area contributed by atoms with Crippen molar-refractivity contribution in [1.29, 1.82) is 5.26 Å². The van der Waals surface area contributed by atoms with Crippen molar-refractivity contribution in [3.05, 3.63) is 29.3 Å². The average molecular weight is 270 g/mol. The third kappa shape index (κ3) is 2.99. The van der Waals surface area contributed by atoms with Gasteiger partial charge < -0.3 is 10.4 Å². The number of nitriles is 1. The van der Waals surface area contributed by atoms with Crippen LogP contribution in [0, 0.1) is 11.3 Å². The lowest BCUT2D eigenvalue weighted by Crippen LogP contribution is -2.43. The number of aliphatic hydroxyl groups is 1. The minimum atomic E-state index is -4.46. The Morgan fingerprint density at radius 3 is 2.53 bits per heavy atom. The van der Waals surface area contributed by atoms with Gasteiger partial charge in [0.2, 0.25) is 0 Å². The number of anilines is 1. The van der Waals surface area contributed by atoms with Gasteiger partial charge in [0.25, 0.3) is 0 Å². The van der Waals surface area contributed by atoms with Crippen LogP contribution in [0.5, 0.6) is 0 Å². The smallest absolute Gasteiger partial charge is 0.388 e. The van der Waals surface area contributed by atoms with E-state index in [9.17, 15) is 18.3 Å². The van der Waals surface area contributed by atoms with E-state index < -0.39 is 17.3 Å². The molecule has 1 fully saturated rings. The van der Waals surface area contributed by atoms with Gasteiger partial charge in [0, 0.05) is 6.54 Å². The molecule has 0 unspecified atom stereocenters. The number of hydrogen-bond donors (Lipinski definition) is 2. The number of alkyl halides is 3. The van der Waals surface area contributed by atoms with Crippen LogP contribution in [0.3, 0.4) is 0 Å². The van der Waals surface area contributed by atoms with Gasteiger partial charge in [-0.25, -0.2) is 0 Å². The Morgan fingerprint density at radius 1 is 1.37 bits per heavy atom. The fourth-order valence-corrected chi connectivity index (χ4v) is 1.99. The molecule has 0 atom stereocenters. The number of halogens is 3. The zero-order valence-electron chi connectivity index (χ0n) is 10.1. The summed E-state index contributed by atoms with van der Waals surface area (Å²) in [4.78, 5) is 0. The summed E-state index contributed by atoms with van der Waals surface area (Å²) in [5, 5.41) is 21.6. The van der Waals surface area contributed by atoms with Crippen molar-refractivity contribution in [3.63, 3.8) is 0 Å². The summed E-state index contributed by atoms with van der Waals surface area (Å²) in [6.45, 7) is 0.243. The van der Waals surface area contributed by atoms with Gasteiger partial charge >= 0.3 is 6.18 Å². The largest absolute Gasteiger partial charge is 0.416 e. The van der Waals surface area contributed by atoms with E-state index in [1.54, 1.807) is 6.07 Å². The van der Waals surface area contributed by atoms with Crippen molar-refractivity contribution in [2.24, 2.45) is 0 Å². The molecule has 0 heterocycles. The fraction of sp³-hybridized carbons (Fsp3) is 0.462. The lowest BCUT2D eigenvalue weighted by molar-refractivity contribution is -0.137. The second-order valence-corrected chi connectivity index (χ2v) is 4.80. The normalized spacial score (nSPS) is 17.4. The standard InChI is InChI=1S/C13H13F3N2O/c14-13(15,16)10-2-3-11(9(6-10)7-17)18-8-12(19)4-1-5-12/h2-3,6,18-19H,1,4-5,8H2. The van der Waals surface area contributed by atoms with E-state index in [0.29, 0.717) is 18.5 Å². The summed E-state index contributed by atoms with van der Waals surface area (Å²) >= 11 is 0. The molecule has 0 aliphatic heterocycles. The Bertz CT molecular complexity index is 516. The number of rotatable bonds is 3. The summed E-state index contributed by atoms with van der Waals surface area (Å²) in [7, 11) is 0. The molecule has 2 N–H and O–H groups in total. The Hall–Kier alpha value is -1.74. The molecule has 0 bridgehead atoms. The fourth-order valence-electron chi connectivity index (χ4n) is 1.99. The van der Waals surface area contributed by atoms with E-state index in [0.717, 1.165) is 18.6 Å². The molecule has 6 heteroatoms. The molecule has 2 rings (SSSR count). The number of nitrogens with zero attached hydrogens (tertiary/aromatic N) is 1. The summed E-state index contributed by atoms with van der Waals surface area (Å²) < 4.78 is 37.5. The molecular weight excluding hydrogens is 257 g/mol. The Balaban J connectivity index is 2.15. The lowest BCUT2D eigenvalue weighted by atomic mass is 9.80. The first-order valence-corrected chi connectivity index (χ1v) is 5.92. The third-order valence-electron chi connectivity index (χ3n) is 3.36. The molecule has 0 spiro atoms. The van der Waals surface area contributed by atoms with Crippen LogP contribution in [0.15, 0.2) is 18.2 Å². The molecule has 0 saturated heterocycles. The van der Waals surface area contributed by atoms with Crippen molar-refractivity contribution in [1.82, 2.24) is 0 Å². The minimum absolute atomic E-state index is 0.0715. The topological polar surface area (TPSA) is 56.0 Å². The van der Waals surface area contributed by atoms with Gasteiger partial charge in [-0.05, 0) is 37.5 Å². The maximum atomic E-state index is 12.5. The monoisotopic (exact) mass is 270 g/mol. The Kier molecular flexibility index (Phi) is 3.42. The van der Waals surface area contributed by atoms with Gasteiger partial charge in [-0.3, -0.25) is 0 Å². The van der Waals surface area contributed by atoms with Crippen LogP contribution in [0.4, 0.5) is 18.9 Å². The molecule has 1 aromatic rings. The summed E-state index contributed by atoms with van der Waals surface area (Å²) in [6.07, 6.45) is -2.18. The summed E-state index contributed by atoms with van der Waals surface area (Å²) in [5.74, 6) is 0. The Morgan fingerprint density at radius 2 is 2.05 bits per heavy atom. The minimum Gasteiger partial charge on any atom is -0.388 e. The highest BCUT2D eigenvalue weighted by atomic mass is 19.4. The first-order valence-electron chi connectivity index (χ1n) is 5.92. The number of nitrogens with one attached hydrogen (secondary N) is 1. The highest BCUT2D eigenvalue weighted by molar-refractivity contribution is 5.59. The molecule has 1 aliphatic rings. The van der Waals surface area contributed by atoms with Crippen LogP contribution >= 0.6 is 0 Å². The molecule has 3 nitrogen and oxygen atoms in total. The molecular formula is C13H13F3N2O. The van der Waals surface area contributed by atoms with E-state index >= 15 is 0 Å². The second kappa shape index (κ2) is 4.74. The van der Waals surface area contributed by atoms with E-state index in [4.69, 9.17) is 5.26 Å². The molecule has 19 heavy (non-hydrogen) atoms. The van der Waals surface area contributed by atoms with Gasteiger partial charge in [-0.1, -0.05) is 0 Å². The van der Waals surface area contributed by atoms with E-state index in [-0.39, 0.29) is 12.1 Å². The Labute approximate surface area is 108 Å². The molecule has 0 amide bonds. The zero-order valence-corrected chi connectivity index (χ0v) is 10.1. The SMILES string of the molecule is N#Cc1cc(C(F)(F)F)ccc1NCC1(O)CCC1. The molecule has 1 aromatic carbocycles. The average Bonchev–Trinajstić information content (AvgIpc) is 2.32. The van der Waals surface area contributed by atoms with E-state index in [2.05, 4.69) is 5.32 Å². The maximum absolute atomic E-state index is 12.5. The summed E-state index contributed by atoms with van der Waals surface area (Å²) in [5.41, 5.74) is -1.40. The van der Waals surface area contributed by atoms with E-state index in [1.165, 1.54) is 6.07 Å². The van der Waals surface area contributed by atoms with Crippen LogP contribution in [0.2, 0.25) is 0 Å². The highest BCUT2D eigenvalue weighted by Gasteiger charge is 2.34. The lowest BCUT2D eigenvalue weighted by Gasteiger charge is -2.37. The zero-order chi connectivity index (χ0) is 14.1. The van der Waals surface area contributed by atoms with Gasteiger partial charge in [0.05, 0.1) is 22.4 Å². The van der Waals surface area contributed by atoms with Crippen molar-refractivity contribution in [2.75, 3.05) is 11.9 Å².